The number of hydrogen-bond acceptors (Lipinski definition) is 3. The van der Waals surface area contributed by atoms with Crippen LogP contribution in [-0.4, -0.2) is 29.7 Å². The van der Waals surface area contributed by atoms with Gasteiger partial charge in [-0.3, -0.25) is 4.79 Å². The molecular weight excluding hydrogens is 248 g/mol. The zero-order chi connectivity index (χ0) is 14.3. The molecule has 0 fully saturated rings. The molecule has 6 nitrogen and oxygen atoms in total. The van der Waals surface area contributed by atoms with Crippen molar-refractivity contribution in [3.8, 4) is 0 Å². The standard InChI is InChI=1S/C13H20N2O4/c1-9(6-12(16)17)8-14-13(18)15-10(2)7-11-4-3-5-19-11/h3-5,9-10H,6-8H2,1-2H3,(H,16,17)(H2,14,15,18). The molecule has 0 aliphatic heterocycles. The van der Waals surface area contributed by atoms with Crippen molar-refractivity contribution in [2.45, 2.75) is 32.7 Å². The highest BCUT2D eigenvalue weighted by molar-refractivity contribution is 5.74. The van der Waals surface area contributed by atoms with Crippen LogP contribution in [0.15, 0.2) is 22.8 Å². The maximum absolute atomic E-state index is 11.6. The lowest BCUT2D eigenvalue weighted by Crippen LogP contribution is -2.43. The van der Waals surface area contributed by atoms with Gasteiger partial charge in [0.1, 0.15) is 5.76 Å². The van der Waals surface area contributed by atoms with Crippen molar-refractivity contribution in [2.24, 2.45) is 5.92 Å². The molecule has 2 amide bonds. The Hall–Kier alpha value is -1.98. The number of hydrogen-bond donors (Lipinski definition) is 3. The van der Waals surface area contributed by atoms with Gasteiger partial charge in [0.2, 0.25) is 0 Å². The van der Waals surface area contributed by atoms with E-state index < -0.39 is 5.97 Å². The van der Waals surface area contributed by atoms with Crippen molar-refractivity contribution in [3.05, 3.63) is 24.2 Å². The molecule has 0 saturated carbocycles. The Labute approximate surface area is 112 Å². The first-order chi connectivity index (χ1) is 8.97. The first-order valence-electron chi connectivity index (χ1n) is 6.26. The van der Waals surface area contributed by atoms with Gasteiger partial charge in [0.05, 0.1) is 6.26 Å². The SMILES string of the molecule is CC(CNC(=O)NC(C)Cc1ccco1)CC(=O)O. The molecule has 6 heteroatoms. The predicted octanol–water partition coefficient (Wildman–Crippen LogP) is 1.62. The van der Waals surface area contributed by atoms with Crippen LogP contribution in [0.25, 0.3) is 0 Å². The second kappa shape index (κ2) is 7.45. The first kappa shape index (κ1) is 15.1. The molecule has 0 aromatic carbocycles. The van der Waals surface area contributed by atoms with Crippen LogP contribution in [-0.2, 0) is 11.2 Å². The van der Waals surface area contributed by atoms with E-state index in [9.17, 15) is 9.59 Å². The second-order valence-electron chi connectivity index (χ2n) is 4.74. The van der Waals surface area contributed by atoms with Crippen LogP contribution in [0.4, 0.5) is 4.79 Å². The molecule has 0 aliphatic rings. The number of carboxylic acids is 1. The molecule has 1 aromatic heterocycles. The summed E-state index contributed by atoms with van der Waals surface area (Å²) in [6.07, 6.45) is 2.25. The summed E-state index contributed by atoms with van der Waals surface area (Å²) in [5.74, 6) is -0.142. The number of aliphatic carboxylic acids is 1. The molecule has 1 heterocycles. The Balaban J connectivity index is 2.21. The van der Waals surface area contributed by atoms with E-state index in [4.69, 9.17) is 9.52 Å². The fraction of sp³-hybridized carbons (Fsp3) is 0.538. The Morgan fingerprint density at radius 2 is 2.16 bits per heavy atom. The van der Waals surface area contributed by atoms with Crippen LogP contribution in [0.1, 0.15) is 26.0 Å². The Morgan fingerprint density at radius 1 is 1.42 bits per heavy atom. The van der Waals surface area contributed by atoms with Crippen LogP contribution < -0.4 is 10.6 Å². The highest BCUT2D eigenvalue weighted by atomic mass is 16.4. The third-order valence-electron chi connectivity index (χ3n) is 2.60. The van der Waals surface area contributed by atoms with Gasteiger partial charge in [-0.05, 0) is 25.0 Å². The highest BCUT2D eigenvalue weighted by Crippen LogP contribution is 2.04. The maximum Gasteiger partial charge on any atom is 0.315 e. The molecule has 19 heavy (non-hydrogen) atoms. The lowest BCUT2D eigenvalue weighted by molar-refractivity contribution is -0.137. The van der Waals surface area contributed by atoms with E-state index in [1.54, 1.807) is 19.3 Å². The largest absolute Gasteiger partial charge is 0.481 e. The van der Waals surface area contributed by atoms with Crippen molar-refractivity contribution in [1.29, 1.82) is 0 Å². The number of carbonyl (C=O) groups is 2. The minimum atomic E-state index is -0.860. The minimum absolute atomic E-state index is 0.0439. The van der Waals surface area contributed by atoms with Gasteiger partial charge in [0, 0.05) is 25.4 Å². The van der Waals surface area contributed by atoms with Crippen molar-refractivity contribution in [3.63, 3.8) is 0 Å². The van der Waals surface area contributed by atoms with E-state index in [-0.39, 0.29) is 24.4 Å². The molecule has 1 rings (SSSR count). The average molecular weight is 268 g/mol. The van der Waals surface area contributed by atoms with E-state index in [1.807, 2.05) is 13.0 Å². The number of nitrogens with one attached hydrogen (secondary N) is 2. The van der Waals surface area contributed by atoms with Crippen molar-refractivity contribution in [1.82, 2.24) is 10.6 Å². The molecule has 0 radical (unpaired) electrons. The van der Waals surface area contributed by atoms with E-state index in [0.29, 0.717) is 13.0 Å². The molecule has 0 aliphatic carbocycles. The average Bonchev–Trinajstić information content (AvgIpc) is 2.78. The lowest BCUT2D eigenvalue weighted by Gasteiger charge is -2.15. The summed E-state index contributed by atoms with van der Waals surface area (Å²) in [6, 6.07) is 3.30. The summed E-state index contributed by atoms with van der Waals surface area (Å²) >= 11 is 0. The number of carbonyl (C=O) groups excluding carboxylic acids is 1. The fourth-order valence-electron chi connectivity index (χ4n) is 1.69. The van der Waals surface area contributed by atoms with E-state index in [2.05, 4.69) is 10.6 Å². The summed E-state index contributed by atoms with van der Waals surface area (Å²) in [6.45, 7) is 4.00. The second-order valence-corrected chi connectivity index (χ2v) is 4.74. The zero-order valence-electron chi connectivity index (χ0n) is 11.2. The molecule has 3 N–H and O–H groups in total. The van der Waals surface area contributed by atoms with Crippen LogP contribution in [0.5, 0.6) is 0 Å². The van der Waals surface area contributed by atoms with Gasteiger partial charge < -0.3 is 20.2 Å². The van der Waals surface area contributed by atoms with Crippen molar-refractivity contribution >= 4 is 12.0 Å². The normalized spacial score (nSPS) is 13.6. The van der Waals surface area contributed by atoms with Gasteiger partial charge in [-0.25, -0.2) is 4.79 Å². The topological polar surface area (TPSA) is 91.6 Å². The maximum atomic E-state index is 11.6. The monoisotopic (exact) mass is 268 g/mol. The van der Waals surface area contributed by atoms with Crippen LogP contribution in [0, 0.1) is 5.92 Å². The summed E-state index contributed by atoms with van der Waals surface area (Å²) < 4.78 is 5.19. The molecule has 0 saturated heterocycles. The van der Waals surface area contributed by atoms with E-state index >= 15 is 0 Å². The first-order valence-corrected chi connectivity index (χ1v) is 6.26. The smallest absolute Gasteiger partial charge is 0.315 e. The quantitative estimate of drug-likeness (QED) is 0.700. The molecule has 106 valence electrons. The van der Waals surface area contributed by atoms with E-state index in [1.165, 1.54) is 0 Å². The summed E-state index contributed by atoms with van der Waals surface area (Å²) in [4.78, 5) is 22.0. The van der Waals surface area contributed by atoms with Gasteiger partial charge in [-0.2, -0.15) is 0 Å². The Kier molecular flexibility index (Phi) is 5.92. The molecule has 2 atom stereocenters. The highest BCUT2D eigenvalue weighted by Gasteiger charge is 2.12. The van der Waals surface area contributed by atoms with Gasteiger partial charge >= 0.3 is 12.0 Å². The Morgan fingerprint density at radius 3 is 2.74 bits per heavy atom. The number of urea groups is 1. The van der Waals surface area contributed by atoms with Crippen molar-refractivity contribution < 1.29 is 19.1 Å². The van der Waals surface area contributed by atoms with Crippen LogP contribution in [0.3, 0.4) is 0 Å². The number of carboxylic acid groups (broad SMARTS) is 1. The molecule has 2 unspecified atom stereocenters. The molecule has 0 spiro atoms. The number of furan rings is 1. The summed E-state index contributed by atoms with van der Waals surface area (Å²) in [7, 11) is 0. The predicted molar refractivity (Wildman–Crippen MR) is 69.8 cm³/mol. The summed E-state index contributed by atoms with van der Waals surface area (Å²) in [5, 5.41) is 14.0. The van der Waals surface area contributed by atoms with E-state index in [0.717, 1.165) is 5.76 Å². The van der Waals surface area contributed by atoms with Crippen molar-refractivity contribution in [2.75, 3.05) is 6.54 Å². The third kappa shape index (κ3) is 6.49. The van der Waals surface area contributed by atoms with Gasteiger partial charge in [-0.1, -0.05) is 6.92 Å². The zero-order valence-corrected chi connectivity index (χ0v) is 11.2. The number of amides is 2. The third-order valence-corrected chi connectivity index (χ3v) is 2.60. The van der Waals surface area contributed by atoms with Crippen LogP contribution in [0.2, 0.25) is 0 Å². The van der Waals surface area contributed by atoms with Gasteiger partial charge in [-0.15, -0.1) is 0 Å². The number of rotatable bonds is 7. The minimum Gasteiger partial charge on any atom is -0.481 e. The van der Waals surface area contributed by atoms with Gasteiger partial charge in [0.15, 0.2) is 0 Å². The lowest BCUT2D eigenvalue weighted by atomic mass is 10.1. The Bertz CT molecular complexity index is 403. The van der Waals surface area contributed by atoms with Gasteiger partial charge in [0.25, 0.3) is 0 Å². The van der Waals surface area contributed by atoms with Crippen LogP contribution >= 0.6 is 0 Å². The molecular formula is C13H20N2O4. The molecule has 1 aromatic rings. The fourth-order valence-corrected chi connectivity index (χ4v) is 1.69. The molecule has 0 bridgehead atoms. The summed E-state index contributed by atoms with van der Waals surface area (Å²) in [5.41, 5.74) is 0.